The smallest absolute Gasteiger partial charge is 0.254 e. The highest BCUT2D eigenvalue weighted by Gasteiger charge is 2.57. The number of pyridine rings is 1. The summed E-state index contributed by atoms with van der Waals surface area (Å²) in [6.45, 7) is 2.28. The molecule has 1 amide bonds. The molecule has 6 nitrogen and oxygen atoms in total. The van der Waals surface area contributed by atoms with Gasteiger partial charge in [-0.1, -0.05) is 48.5 Å². The molecule has 4 aliphatic rings. The lowest BCUT2D eigenvalue weighted by atomic mass is 9.98. The molecule has 208 valence electrons. The molecule has 2 N–H and O–H groups in total. The summed E-state index contributed by atoms with van der Waals surface area (Å²) in [6.07, 6.45) is 8.86. The van der Waals surface area contributed by atoms with Crippen molar-refractivity contribution in [3.8, 4) is 0 Å². The van der Waals surface area contributed by atoms with E-state index in [0.29, 0.717) is 18.1 Å². The molecule has 1 aromatic heterocycles. The van der Waals surface area contributed by atoms with Crippen molar-refractivity contribution in [3.05, 3.63) is 101 Å². The molecule has 2 aromatic carbocycles. The minimum Gasteiger partial charge on any atom is -0.387 e. The maximum atomic E-state index is 13.9. The first-order chi connectivity index (χ1) is 19.6. The van der Waals surface area contributed by atoms with Crippen LogP contribution in [0.25, 0.3) is 0 Å². The van der Waals surface area contributed by atoms with Gasteiger partial charge < -0.3 is 15.3 Å². The monoisotopic (exact) mass is 536 g/mol. The van der Waals surface area contributed by atoms with Crippen LogP contribution in [-0.2, 0) is 6.42 Å². The number of hydrogen-bond acceptors (Lipinski definition) is 5. The Labute approximate surface area is 237 Å². The topological polar surface area (TPSA) is 68.7 Å². The first-order valence-electron chi connectivity index (χ1n) is 15.2. The van der Waals surface area contributed by atoms with Crippen molar-refractivity contribution in [2.24, 2.45) is 0 Å². The minimum absolute atomic E-state index is 0.0816. The van der Waals surface area contributed by atoms with E-state index in [1.807, 2.05) is 54.7 Å². The van der Waals surface area contributed by atoms with Crippen LogP contribution in [0, 0.1) is 0 Å². The summed E-state index contributed by atoms with van der Waals surface area (Å²) in [5.74, 6) is 0.200. The average molecular weight is 537 g/mol. The van der Waals surface area contributed by atoms with Crippen molar-refractivity contribution in [2.75, 3.05) is 0 Å². The number of nitrogens with zero attached hydrogens (tertiary/aromatic N) is 3. The van der Waals surface area contributed by atoms with Crippen LogP contribution in [0.4, 0.5) is 0 Å². The van der Waals surface area contributed by atoms with E-state index in [1.165, 1.54) is 18.4 Å². The molecular formula is C34H40N4O2. The molecule has 4 aliphatic heterocycles. The lowest BCUT2D eigenvalue weighted by molar-refractivity contribution is -0.00790. The summed E-state index contributed by atoms with van der Waals surface area (Å²) in [4.78, 5) is 23.5. The highest BCUT2D eigenvalue weighted by molar-refractivity contribution is 5.95. The summed E-state index contributed by atoms with van der Waals surface area (Å²) in [7, 11) is 0. The standard InChI is InChI=1S/C34H40N4O2/c1-22(27-9-5-6-20-35-27)37-29-16-17-30(37)32-19-18-31(29)38(32)34(40)25-12-10-23(11-13-25)21-26-14-15-28(36-26)33(39)24-7-3-2-4-8-24/h2-13,20,22,26,28-33,36,39H,14-19,21H2,1H3/t22-,26-,28+,29?,30?,31?,32?,33+/m0/s1. The van der Waals surface area contributed by atoms with Gasteiger partial charge in [0.05, 0.1) is 11.8 Å². The molecule has 5 heterocycles. The molecular weight excluding hydrogens is 496 g/mol. The summed E-state index contributed by atoms with van der Waals surface area (Å²) in [5, 5.41) is 14.5. The second kappa shape index (κ2) is 10.7. The quantitative estimate of drug-likeness (QED) is 0.442. The molecule has 4 fully saturated rings. The van der Waals surface area contributed by atoms with Gasteiger partial charge in [0.25, 0.3) is 5.91 Å². The van der Waals surface area contributed by atoms with Crippen molar-refractivity contribution in [2.45, 2.75) is 100 Å². The third kappa shape index (κ3) is 4.56. The highest BCUT2D eigenvalue weighted by Crippen LogP contribution is 2.49. The molecule has 6 heteroatoms. The van der Waals surface area contributed by atoms with E-state index in [2.05, 4.69) is 51.3 Å². The fourth-order valence-electron chi connectivity index (χ4n) is 8.30. The van der Waals surface area contributed by atoms with Crippen LogP contribution >= 0.6 is 0 Å². The zero-order chi connectivity index (χ0) is 27.2. The zero-order valence-electron chi connectivity index (χ0n) is 23.3. The molecule has 0 spiro atoms. The number of amides is 1. The molecule has 7 rings (SSSR count). The third-order valence-electron chi connectivity index (χ3n) is 10.2. The Kier molecular flexibility index (Phi) is 6.94. The van der Waals surface area contributed by atoms with Gasteiger partial charge in [-0.2, -0.15) is 0 Å². The second-order valence-corrected chi connectivity index (χ2v) is 12.3. The van der Waals surface area contributed by atoms with E-state index in [1.54, 1.807) is 0 Å². The van der Waals surface area contributed by atoms with Crippen molar-refractivity contribution in [1.29, 1.82) is 0 Å². The van der Waals surface area contributed by atoms with Gasteiger partial charge in [0.2, 0.25) is 0 Å². The predicted octanol–water partition coefficient (Wildman–Crippen LogP) is 5.06. The van der Waals surface area contributed by atoms with Crippen LogP contribution < -0.4 is 5.32 Å². The number of carbonyl (C=O) groups excluding carboxylic acids is 1. The number of aliphatic hydroxyl groups excluding tert-OH is 1. The van der Waals surface area contributed by atoms with Crippen LogP contribution in [0.15, 0.2) is 79.0 Å². The number of fused-ring (bicyclic) bond motifs is 6. The minimum atomic E-state index is -0.482. The first-order valence-corrected chi connectivity index (χ1v) is 15.2. The third-order valence-corrected chi connectivity index (χ3v) is 10.2. The molecule has 40 heavy (non-hydrogen) atoms. The lowest BCUT2D eigenvalue weighted by Gasteiger charge is -2.49. The lowest BCUT2D eigenvalue weighted by Crippen LogP contribution is -2.62. The average Bonchev–Trinajstić information content (AvgIpc) is 3.71. The number of benzene rings is 2. The number of aromatic nitrogens is 1. The van der Waals surface area contributed by atoms with Crippen molar-refractivity contribution >= 4 is 5.91 Å². The molecule has 4 unspecified atom stereocenters. The highest BCUT2D eigenvalue weighted by atomic mass is 16.3. The van der Waals surface area contributed by atoms with Gasteiger partial charge >= 0.3 is 0 Å². The van der Waals surface area contributed by atoms with E-state index in [-0.39, 0.29) is 30.1 Å². The fourth-order valence-corrected chi connectivity index (χ4v) is 8.30. The second-order valence-electron chi connectivity index (χ2n) is 12.3. The Hall–Kier alpha value is -3.06. The Morgan fingerprint density at radius 2 is 1.55 bits per heavy atom. The number of aliphatic hydroxyl groups is 1. The van der Waals surface area contributed by atoms with E-state index in [0.717, 1.165) is 48.9 Å². The van der Waals surface area contributed by atoms with Crippen LogP contribution in [0.3, 0.4) is 0 Å². The Balaban J connectivity index is 1.00. The van der Waals surface area contributed by atoms with Crippen LogP contribution in [0.1, 0.15) is 84.8 Å². The molecule has 0 aliphatic carbocycles. The van der Waals surface area contributed by atoms with Crippen LogP contribution in [0.2, 0.25) is 0 Å². The normalized spacial score (nSPS) is 30.9. The van der Waals surface area contributed by atoms with Gasteiger partial charge in [0, 0.05) is 54.1 Å². The van der Waals surface area contributed by atoms with E-state index in [4.69, 9.17) is 0 Å². The van der Waals surface area contributed by atoms with E-state index >= 15 is 0 Å². The van der Waals surface area contributed by atoms with Crippen LogP contribution in [-0.4, -0.2) is 62.0 Å². The van der Waals surface area contributed by atoms with Crippen LogP contribution in [0.5, 0.6) is 0 Å². The number of rotatable bonds is 7. The van der Waals surface area contributed by atoms with Gasteiger partial charge in [-0.3, -0.25) is 14.7 Å². The molecule has 0 radical (unpaired) electrons. The zero-order valence-corrected chi connectivity index (χ0v) is 23.3. The van der Waals surface area contributed by atoms with Crippen molar-refractivity contribution in [1.82, 2.24) is 20.1 Å². The predicted molar refractivity (Wildman–Crippen MR) is 156 cm³/mol. The van der Waals surface area contributed by atoms with E-state index < -0.39 is 6.10 Å². The maximum Gasteiger partial charge on any atom is 0.254 e. The summed E-state index contributed by atoms with van der Waals surface area (Å²) < 4.78 is 0. The number of hydrogen-bond donors (Lipinski definition) is 2. The Morgan fingerprint density at radius 3 is 2.23 bits per heavy atom. The number of carbonyl (C=O) groups is 1. The summed E-state index contributed by atoms with van der Waals surface area (Å²) in [5.41, 5.74) is 4.15. The SMILES string of the molecule is C[C@@H](c1ccccn1)N1C2CCC1C1CCC2N1C(=O)c1ccc(C[C@@H]2CC[C@H]([C@H](O)c3ccccc3)N2)cc1. The first kappa shape index (κ1) is 25.9. The molecule has 4 bridgehead atoms. The molecule has 3 aromatic rings. The fraction of sp³-hybridized carbons (Fsp3) is 0.471. The van der Waals surface area contributed by atoms with Crippen molar-refractivity contribution in [3.63, 3.8) is 0 Å². The largest absolute Gasteiger partial charge is 0.387 e. The van der Waals surface area contributed by atoms with E-state index in [9.17, 15) is 9.90 Å². The van der Waals surface area contributed by atoms with Gasteiger partial charge in [-0.25, -0.2) is 0 Å². The molecule has 4 saturated heterocycles. The van der Waals surface area contributed by atoms with Gasteiger partial charge in [-0.05, 0) is 87.3 Å². The van der Waals surface area contributed by atoms with Gasteiger partial charge in [0.15, 0.2) is 0 Å². The van der Waals surface area contributed by atoms with Crippen molar-refractivity contribution < 1.29 is 9.90 Å². The summed E-state index contributed by atoms with van der Waals surface area (Å²) >= 11 is 0. The number of piperazine rings is 1. The van der Waals surface area contributed by atoms with Gasteiger partial charge in [-0.15, -0.1) is 0 Å². The molecule has 8 atom stereocenters. The van der Waals surface area contributed by atoms with Gasteiger partial charge in [0.1, 0.15) is 0 Å². The number of nitrogens with one attached hydrogen (secondary N) is 1. The maximum absolute atomic E-state index is 13.9. The Bertz CT molecular complexity index is 1300. The molecule has 0 saturated carbocycles. The Morgan fingerprint density at radius 1 is 0.875 bits per heavy atom. The summed E-state index contributed by atoms with van der Waals surface area (Å²) in [6, 6.07) is 26.6.